The largest absolute Gasteiger partial charge is 0.464 e. The van der Waals surface area contributed by atoms with E-state index in [9.17, 15) is 14.4 Å². The van der Waals surface area contributed by atoms with Crippen LogP contribution < -0.4 is 4.90 Å². The summed E-state index contributed by atoms with van der Waals surface area (Å²) in [5.74, 6) is -2.01. The number of nitrogens with zero attached hydrogens (tertiary/aromatic N) is 2. The van der Waals surface area contributed by atoms with E-state index in [1.54, 1.807) is 12.1 Å². The molecule has 0 saturated heterocycles. The fourth-order valence-electron chi connectivity index (χ4n) is 2.44. The molecular weight excluding hydrogens is 355 g/mol. The van der Waals surface area contributed by atoms with E-state index in [1.807, 2.05) is 0 Å². The molecule has 0 unspecified atom stereocenters. The van der Waals surface area contributed by atoms with Crippen molar-refractivity contribution in [2.75, 3.05) is 12.0 Å². The Hall–Kier alpha value is -2.44. The molecule has 0 aliphatic carbocycles. The number of amides is 1. The van der Waals surface area contributed by atoms with E-state index >= 15 is 0 Å². The fraction of sp³-hybridized carbons (Fsp3) is 0.125. The molecule has 1 aliphatic heterocycles. The fourth-order valence-corrected chi connectivity index (χ4v) is 3.01. The number of rotatable bonds is 3. The van der Waals surface area contributed by atoms with Crippen LogP contribution in [0.15, 0.2) is 30.3 Å². The number of halogens is 2. The van der Waals surface area contributed by atoms with Gasteiger partial charge in [-0.3, -0.25) is 14.5 Å². The molecule has 0 fully saturated rings. The van der Waals surface area contributed by atoms with E-state index in [2.05, 4.69) is 9.72 Å². The van der Waals surface area contributed by atoms with Crippen LogP contribution in [0.4, 0.5) is 5.69 Å². The predicted molar refractivity (Wildman–Crippen MR) is 87.6 cm³/mol. The summed E-state index contributed by atoms with van der Waals surface area (Å²) in [6, 6.07) is 7.65. The van der Waals surface area contributed by atoms with Crippen LogP contribution in [0.2, 0.25) is 10.0 Å². The van der Waals surface area contributed by atoms with Gasteiger partial charge < -0.3 is 4.74 Å². The van der Waals surface area contributed by atoms with Crippen LogP contribution in [0.1, 0.15) is 26.5 Å². The van der Waals surface area contributed by atoms with Crippen molar-refractivity contribution in [2.24, 2.45) is 0 Å². The van der Waals surface area contributed by atoms with E-state index in [4.69, 9.17) is 23.2 Å². The van der Waals surface area contributed by atoms with Gasteiger partial charge in [-0.25, -0.2) is 9.78 Å². The summed E-state index contributed by atoms with van der Waals surface area (Å²) >= 11 is 12.0. The standard InChI is InChI=1S/C16H10Cl2N2O4/c1-24-16(23)11-4-2-3-9(19-11)7-20-12-6-8(17)5-10(18)13(12)14(21)15(20)22/h2-6H,7H2,1H3. The Morgan fingerprint density at radius 3 is 2.71 bits per heavy atom. The summed E-state index contributed by atoms with van der Waals surface area (Å²) in [5, 5.41) is 0.428. The highest BCUT2D eigenvalue weighted by Crippen LogP contribution is 2.37. The predicted octanol–water partition coefficient (Wildman–Crippen LogP) is 2.90. The lowest BCUT2D eigenvalue weighted by atomic mass is 10.1. The minimum atomic E-state index is -0.723. The molecule has 2 heterocycles. The molecule has 1 aromatic heterocycles. The molecule has 6 nitrogen and oxygen atoms in total. The highest BCUT2D eigenvalue weighted by Gasteiger charge is 2.38. The normalized spacial score (nSPS) is 13.2. The number of carbonyl (C=O) groups excluding carboxylic acids is 3. The highest BCUT2D eigenvalue weighted by molar-refractivity contribution is 6.55. The lowest BCUT2D eigenvalue weighted by molar-refractivity contribution is -0.114. The summed E-state index contributed by atoms with van der Waals surface area (Å²) in [5.41, 5.74) is 0.975. The van der Waals surface area contributed by atoms with Crippen molar-refractivity contribution >= 4 is 46.5 Å². The van der Waals surface area contributed by atoms with Crippen LogP contribution in [-0.4, -0.2) is 29.8 Å². The van der Waals surface area contributed by atoms with Gasteiger partial charge in [0.05, 0.1) is 35.6 Å². The minimum absolute atomic E-state index is 0.000914. The Morgan fingerprint density at radius 2 is 2.00 bits per heavy atom. The van der Waals surface area contributed by atoms with E-state index < -0.39 is 17.7 Å². The minimum Gasteiger partial charge on any atom is -0.464 e. The van der Waals surface area contributed by atoms with Gasteiger partial charge in [0.2, 0.25) is 0 Å². The number of ether oxygens (including phenoxy) is 1. The Bertz CT molecular complexity index is 882. The molecule has 3 rings (SSSR count). The zero-order valence-electron chi connectivity index (χ0n) is 12.4. The lowest BCUT2D eigenvalue weighted by Crippen LogP contribution is -2.29. The highest BCUT2D eigenvalue weighted by atomic mass is 35.5. The Morgan fingerprint density at radius 1 is 1.25 bits per heavy atom. The summed E-state index contributed by atoms with van der Waals surface area (Å²) < 4.78 is 4.62. The second-order valence-corrected chi connectivity index (χ2v) is 5.85. The van der Waals surface area contributed by atoms with Crippen molar-refractivity contribution < 1.29 is 19.1 Å². The first-order chi connectivity index (χ1) is 11.4. The first-order valence-corrected chi connectivity index (χ1v) is 7.57. The molecule has 24 heavy (non-hydrogen) atoms. The molecule has 0 atom stereocenters. The van der Waals surface area contributed by atoms with E-state index in [1.165, 1.54) is 30.2 Å². The van der Waals surface area contributed by atoms with Gasteiger partial charge in [0, 0.05) is 5.02 Å². The van der Waals surface area contributed by atoms with Gasteiger partial charge in [-0.05, 0) is 24.3 Å². The first kappa shape index (κ1) is 16.4. The monoisotopic (exact) mass is 364 g/mol. The third-order valence-electron chi connectivity index (χ3n) is 3.51. The quantitative estimate of drug-likeness (QED) is 0.618. The number of benzene rings is 1. The van der Waals surface area contributed by atoms with Crippen LogP contribution in [-0.2, 0) is 16.1 Å². The van der Waals surface area contributed by atoms with Gasteiger partial charge in [-0.2, -0.15) is 0 Å². The number of Topliss-reactive ketones (excluding diaryl/α,β-unsaturated/α-hetero) is 1. The molecule has 1 aromatic carbocycles. The van der Waals surface area contributed by atoms with Crippen molar-refractivity contribution in [2.45, 2.75) is 6.54 Å². The van der Waals surface area contributed by atoms with E-state index in [0.29, 0.717) is 16.4 Å². The molecule has 0 radical (unpaired) electrons. The Kier molecular flexibility index (Phi) is 4.26. The maximum absolute atomic E-state index is 12.3. The molecule has 2 aromatic rings. The van der Waals surface area contributed by atoms with Crippen LogP contribution >= 0.6 is 23.2 Å². The number of pyridine rings is 1. The number of anilines is 1. The van der Waals surface area contributed by atoms with E-state index in [-0.39, 0.29) is 22.8 Å². The van der Waals surface area contributed by atoms with Crippen LogP contribution in [0.25, 0.3) is 0 Å². The zero-order valence-corrected chi connectivity index (χ0v) is 13.9. The van der Waals surface area contributed by atoms with Gasteiger partial charge in [-0.15, -0.1) is 0 Å². The first-order valence-electron chi connectivity index (χ1n) is 6.82. The average molecular weight is 365 g/mol. The lowest BCUT2D eigenvalue weighted by Gasteiger charge is -2.16. The van der Waals surface area contributed by atoms with Crippen LogP contribution in [0, 0.1) is 0 Å². The number of esters is 1. The molecule has 0 spiro atoms. The molecule has 1 amide bonds. The number of ketones is 1. The third kappa shape index (κ3) is 2.74. The van der Waals surface area contributed by atoms with Gasteiger partial charge in [-0.1, -0.05) is 29.3 Å². The maximum Gasteiger partial charge on any atom is 0.356 e. The van der Waals surface area contributed by atoms with Gasteiger partial charge in [0.1, 0.15) is 5.69 Å². The van der Waals surface area contributed by atoms with Crippen LogP contribution in [0.5, 0.6) is 0 Å². The summed E-state index contributed by atoms with van der Waals surface area (Å²) in [6.07, 6.45) is 0. The second kappa shape index (κ2) is 6.22. The Balaban J connectivity index is 1.99. The summed E-state index contributed by atoms with van der Waals surface area (Å²) in [6.45, 7) is -0.000914. The van der Waals surface area contributed by atoms with Crippen molar-refractivity contribution in [1.29, 1.82) is 0 Å². The van der Waals surface area contributed by atoms with Gasteiger partial charge >= 0.3 is 5.97 Å². The third-order valence-corrected chi connectivity index (χ3v) is 4.03. The number of hydrogen-bond acceptors (Lipinski definition) is 5. The van der Waals surface area contributed by atoms with Crippen molar-refractivity contribution in [3.8, 4) is 0 Å². The summed E-state index contributed by atoms with van der Waals surface area (Å²) in [4.78, 5) is 41.3. The summed E-state index contributed by atoms with van der Waals surface area (Å²) in [7, 11) is 1.25. The van der Waals surface area contributed by atoms with E-state index in [0.717, 1.165) is 0 Å². The number of carbonyl (C=O) groups is 3. The molecule has 0 N–H and O–H groups in total. The molecular formula is C16H10Cl2N2O4. The molecule has 1 aliphatic rings. The molecule has 8 heteroatoms. The molecule has 0 bridgehead atoms. The topological polar surface area (TPSA) is 76.6 Å². The smallest absolute Gasteiger partial charge is 0.356 e. The van der Waals surface area contributed by atoms with Crippen molar-refractivity contribution in [3.05, 3.63) is 57.3 Å². The number of methoxy groups -OCH3 is 1. The maximum atomic E-state index is 12.3. The zero-order chi connectivity index (χ0) is 17.4. The average Bonchev–Trinajstić information content (AvgIpc) is 2.79. The van der Waals surface area contributed by atoms with Gasteiger partial charge in [0.15, 0.2) is 0 Å². The number of fused-ring (bicyclic) bond motifs is 1. The number of hydrogen-bond donors (Lipinski definition) is 0. The van der Waals surface area contributed by atoms with Crippen molar-refractivity contribution in [1.82, 2.24) is 4.98 Å². The molecule has 122 valence electrons. The Labute approximate surface area is 146 Å². The van der Waals surface area contributed by atoms with Gasteiger partial charge in [0.25, 0.3) is 11.7 Å². The number of aromatic nitrogens is 1. The SMILES string of the molecule is COC(=O)c1cccc(CN2C(=O)C(=O)c3c(Cl)cc(Cl)cc32)n1. The second-order valence-electron chi connectivity index (χ2n) is 5.01. The van der Waals surface area contributed by atoms with Crippen LogP contribution in [0.3, 0.4) is 0 Å². The molecule has 0 saturated carbocycles. The van der Waals surface area contributed by atoms with Crippen molar-refractivity contribution in [3.63, 3.8) is 0 Å².